The summed E-state index contributed by atoms with van der Waals surface area (Å²) in [5.41, 5.74) is 7.59. The van der Waals surface area contributed by atoms with Crippen molar-refractivity contribution in [2.45, 2.75) is 25.4 Å². The maximum absolute atomic E-state index is 11.4. The van der Waals surface area contributed by atoms with Crippen LogP contribution in [0.15, 0.2) is 35.7 Å². The molecule has 1 aliphatic heterocycles. The number of aromatic nitrogens is 1. The van der Waals surface area contributed by atoms with Gasteiger partial charge in [0.25, 0.3) is 0 Å². The summed E-state index contributed by atoms with van der Waals surface area (Å²) in [4.78, 5) is 18.2. The predicted octanol–water partition coefficient (Wildman–Crippen LogP) is 2.26. The number of amides is 1. The van der Waals surface area contributed by atoms with E-state index in [1.807, 2.05) is 18.2 Å². The SMILES string of the molecule is NC(=O)C1CCCN1Cc1csc(-c2ccccc2)n1. The van der Waals surface area contributed by atoms with Gasteiger partial charge in [-0.3, -0.25) is 9.69 Å². The summed E-state index contributed by atoms with van der Waals surface area (Å²) in [6.45, 7) is 1.63. The lowest BCUT2D eigenvalue weighted by molar-refractivity contribution is -0.122. The highest BCUT2D eigenvalue weighted by molar-refractivity contribution is 7.13. The molecule has 2 aromatic rings. The number of hydrogen-bond acceptors (Lipinski definition) is 4. The Balaban J connectivity index is 1.73. The van der Waals surface area contributed by atoms with Gasteiger partial charge < -0.3 is 5.73 Å². The minimum atomic E-state index is -0.221. The molecule has 1 saturated heterocycles. The molecule has 0 spiro atoms. The van der Waals surface area contributed by atoms with E-state index in [1.165, 1.54) is 0 Å². The topological polar surface area (TPSA) is 59.2 Å². The van der Waals surface area contributed by atoms with Crippen molar-refractivity contribution in [3.05, 3.63) is 41.4 Å². The third kappa shape index (κ3) is 2.73. The molecule has 5 heteroatoms. The second-order valence-electron chi connectivity index (χ2n) is 5.04. The number of thiazole rings is 1. The molecule has 0 radical (unpaired) electrons. The third-order valence-electron chi connectivity index (χ3n) is 3.63. The van der Waals surface area contributed by atoms with Gasteiger partial charge in [-0.2, -0.15) is 0 Å². The summed E-state index contributed by atoms with van der Waals surface area (Å²) in [6.07, 6.45) is 1.90. The zero-order valence-corrected chi connectivity index (χ0v) is 12.0. The summed E-state index contributed by atoms with van der Waals surface area (Å²) in [5, 5.41) is 3.09. The van der Waals surface area contributed by atoms with Gasteiger partial charge in [-0.05, 0) is 19.4 Å². The van der Waals surface area contributed by atoms with Crippen LogP contribution in [0.4, 0.5) is 0 Å². The van der Waals surface area contributed by atoms with Crippen LogP contribution in [0.1, 0.15) is 18.5 Å². The quantitative estimate of drug-likeness (QED) is 0.938. The second kappa shape index (κ2) is 5.73. The Kier molecular flexibility index (Phi) is 3.80. The van der Waals surface area contributed by atoms with E-state index in [1.54, 1.807) is 11.3 Å². The van der Waals surface area contributed by atoms with Crippen LogP contribution in [0.2, 0.25) is 0 Å². The van der Waals surface area contributed by atoms with Gasteiger partial charge >= 0.3 is 0 Å². The van der Waals surface area contributed by atoms with Crippen molar-refractivity contribution in [3.63, 3.8) is 0 Å². The van der Waals surface area contributed by atoms with Crippen LogP contribution in [0.3, 0.4) is 0 Å². The van der Waals surface area contributed by atoms with E-state index in [9.17, 15) is 4.79 Å². The Labute approximate surface area is 122 Å². The van der Waals surface area contributed by atoms with Gasteiger partial charge in [-0.15, -0.1) is 11.3 Å². The van der Waals surface area contributed by atoms with Crippen LogP contribution in [0.5, 0.6) is 0 Å². The molecule has 3 rings (SSSR count). The number of nitrogens with two attached hydrogens (primary N) is 1. The zero-order chi connectivity index (χ0) is 13.9. The lowest BCUT2D eigenvalue weighted by Gasteiger charge is -2.20. The molecule has 1 fully saturated rings. The van der Waals surface area contributed by atoms with E-state index in [0.29, 0.717) is 6.54 Å². The molecule has 104 valence electrons. The molecular formula is C15H17N3OS. The maximum Gasteiger partial charge on any atom is 0.234 e. The van der Waals surface area contributed by atoms with Crippen LogP contribution >= 0.6 is 11.3 Å². The van der Waals surface area contributed by atoms with Crippen molar-refractivity contribution in [2.75, 3.05) is 6.54 Å². The third-order valence-corrected chi connectivity index (χ3v) is 4.57. The van der Waals surface area contributed by atoms with E-state index in [-0.39, 0.29) is 11.9 Å². The first kappa shape index (κ1) is 13.3. The molecule has 1 atom stereocenters. The summed E-state index contributed by atoms with van der Waals surface area (Å²) in [6, 6.07) is 10.0. The summed E-state index contributed by atoms with van der Waals surface area (Å²) >= 11 is 1.64. The molecule has 1 aromatic heterocycles. The van der Waals surface area contributed by atoms with E-state index in [2.05, 4.69) is 27.4 Å². The number of carbonyl (C=O) groups excluding carboxylic acids is 1. The Morgan fingerprint density at radius 2 is 2.20 bits per heavy atom. The molecule has 1 amide bonds. The van der Waals surface area contributed by atoms with E-state index < -0.39 is 0 Å². The number of carbonyl (C=O) groups is 1. The standard InChI is InChI=1S/C15H17N3OS/c16-14(19)13-7-4-8-18(13)9-12-10-20-15(17-12)11-5-2-1-3-6-11/h1-3,5-6,10,13H,4,7-9H2,(H2,16,19). The molecule has 2 N–H and O–H groups in total. The Hall–Kier alpha value is -1.72. The zero-order valence-electron chi connectivity index (χ0n) is 11.2. The molecule has 2 heterocycles. The van der Waals surface area contributed by atoms with E-state index in [4.69, 9.17) is 5.73 Å². The van der Waals surface area contributed by atoms with Gasteiger partial charge in [-0.1, -0.05) is 30.3 Å². The fraction of sp³-hybridized carbons (Fsp3) is 0.333. The first-order chi connectivity index (χ1) is 9.74. The number of primary amides is 1. The average Bonchev–Trinajstić information content (AvgIpc) is 3.09. The Bertz CT molecular complexity index is 596. The highest BCUT2D eigenvalue weighted by Gasteiger charge is 2.29. The van der Waals surface area contributed by atoms with E-state index >= 15 is 0 Å². The number of rotatable bonds is 4. The molecule has 1 unspecified atom stereocenters. The summed E-state index contributed by atoms with van der Waals surface area (Å²) in [5.74, 6) is -0.221. The Morgan fingerprint density at radius 1 is 1.40 bits per heavy atom. The van der Waals surface area contributed by atoms with Crippen LogP contribution in [-0.4, -0.2) is 28.4 Å². The second-order valence-corrected chi connectivity index (χ2v) is 5.90. The molecular weight excluding hydrogens is 270 g/mol. The molecule has 4 nitrogen and oxygen atoms in total. The highest BCUT2D eigenvalue weighted by atomic mass is 32.1. The Morgan fingerprint density at radius 3 is 2.95 bits per heavy atom. The first-order valence-electron chi connectivity index (χ1n) is 6.77. The van der Waals surface area contributed by atoms with Crippen molar-refractivity contribution in [3.8, 4) is 10.6 Å². The molecule has 0 bridgehead atoms. The fourth-order valence-corrected chi connectivity index (χ4v) is 3.46. The largest absolute Gasteiger partial charge is 0.368 e. The lowest BCUT2D eigenvalue weighted by Crippen LogP contribution is -2.39. The van der Waals surface area contributed by atoms with Crippen molar-refractivity contribution in [1.29, 1.82) is 0 Å². The maximum atomic E-state index is 11.4. The van der Waals surface area contributed by atoms with Gasteiger partial charge in [0.15, 0.2) is 0 Å². The number of hydrogen-bond donors (Lipinski definition) is 1. The number of benzene rings is 1. The highest BCUT2D eigenvalue weighted by Crippen LogP contribution is 2.25. The van der Waals surface area contributed by atoms with Crippen LogP contribution in [0, 0.1) is 0 Å². The lowest BCUT2D eigenvalue weighted by atomic mass is 10.2. The number of likely N-dealkylation sites (tertiary alicyclic amines) is 1. The van der Waals surface area contributed by atoms with Crippen LogP contribution in [-0.2, 0) is 11.3 Å². The van der Waals surface area contributed by atoms with Crippen molar-refractivity contribution in [2.24, 2.45) is 5.73 Å². The van der Waals surface area contributed by atoms with Gasteiger partial charge in [0.1, 0.15) is 5.01 Å². The van der Waals surface area contributed by atoms with Gasteiger partial charge in [0, 0.05) is 17.5 Å². The van der Waals surface area contributed by atoms with Crippen LogP contribution in [0.25, 0.3) is 10.6 Å². The van der Waals surface area contributed by atoms with Gasteiger partial charge in [-0.25, -0.2) is 4.98 Å². The normalized spacial score (nSPS) is 19.3. The smallest absolute Gasteiger partial charge is 0.234 e. The van der Waals surface area contributed by atoms with Gasteiger partial charge in [0.2, 0.25) is 5.91 Å². The molecule has 0 saturated carbocycles. The minimum Gasteiger partial charge on any atom is -0.368 e. The van der Waals surface area contributed by atoms with Gasteiger partial charge in [0.05, 0.1) is 11.7 Å². The molecule has 20 heavy (non-hydrogen) atoms. The average molecular weight is 287 g/mol. The monoisotopic (exact) mass is 287 g/mol. The summed E-state index contributed by atoms with van der Waals surface area (Å²) in [7, 11) is 0. The summed E-state index contributed by atoms with van der Waals surface area (Å²) < 4.78 is 0. The first-order valence-corrected chi connectivity index (χ1v) is 7.65. The van der Waals surface area contributed by atoms with Crippen LogP contribution < -0.4 is 5.73 Å². The molecule has 0 aliphatic carbocycles. The van der Waals surface area contributed by atoms with Crippen molar-refractivity contribution >= 4 is 17.2 Å². The predicted molar refractivity (Wildman–Crippen MR) is 80.2 cm³/mol. The fourth-order valence-electron chi connectivity index (χ4n) is 2.64. The molecule has 1 aliphatic rings. The number of nitrogens with zero attached hydrogens (tertiary/aromatic N) is 2. The minimum absolute atomic E-state index is 0.128. The van der Waals surface area contributed by atoms with Crippen molar-refractivity contribution < 1.29 is 4.79 Å². The molecule has 1 aromatic carbocycles. The van der Waals surface area contributed by atoms with Crippen molar-refractivity contribution in [1.82, 2.24) is 9.88 Å². The van der Waals surface area contributed by atoms with E-state index in [0.717, 1.165) is 35.7 Å².